The van der Waals surface area contributed by atoms with E-state index in [2.05, 4.69) is 173 Å². The molecule has 0 spiro atoms. The van der Waals surface area contributed by atoms with Crippen molar-refractivity contribution in [3.63, 3.8) is 0 Å². The zero-order valence-corrected chi connectivity index (χ0v) is 28.8. The zero-order valence-electron chi connectivity index (χ0n) is 28.8. The normalized spacial score (nSPS) is 12.4. The lowest BCUT2D eigenvalue weighted by molar-refractivity contribution is 0.481. The van der Waals surface area contributed by atoms with Crippen LogP contribution in [-0.4, -0.2) is 0 Å². The van der Waals surface area contributed by atoms with Crippen LogP contribution >= 0.6 is 0 Å². The van der Waals surface area contributed by atoms with Crippen LogP contribution in [0.4, 0.5) is 0 Å². The molecule has 50 heavy (non-hydrogen) atoms. The van der Waals surface area contributed by atoms with E-state index in [0.717, 1.165) is 22.6 Å². The van der Waals surface area contributed by atoms with Crippen LogP contribution in [0.25, 0.3) is 86.9 Å². The average molecular weight is 641 g/mol. The number of rotatable bonds is 4. The van der Waals surface area contributed by atoms with Crippen LogP contribution in [0, 0.1) is 6.92 Å². The minimum absolute atomic E-state index is 0.0966. The summed E-state index contributed by atoms with van der Waals surface area (Å²) in [5.41, 5.74) is 7.29. The molecule has 10 aromatic carbocycles. The maximum absolute atomic E-state index is 6.79. The third kappa shape index (κ3) is 4.33. The van der Waals surface area contributed by atoms with Gasteiger partial charge in [-0.1, -0.05) is 148 Å². The van der Waals surface area contributed by atoms with E-state index in [1.807, 2.05) is 0 Å². The Kier molecular flexibility index (Phi) is 6.12. The molecule has 10 rings (SSSR count). The van der Waals surface area contributed by atoms with Crippen molar-refractivity contribution in [3.8, 4) is 33.8 Å². The second kappa shape index (κ2) is 10.5. The highest BCUT2D eigenvalue weighted by atomic mass is 16.5. The van der Waals surface area contributed by atoms with E-state index in [0.29, 0.717) is 0 Å². The molecular formula is C49H36O. The van der Waals surface area contributed by atoms with E-state index in [4.69, 9.17) is 4.74 Å². The summed E-state index contributed by atoms with van der Waals surface area (Å²) in [6, 6.07) is 53.6. The minimum atomic E-state index is 0.0966. The van der Waals surface area contributed by atoms with E-state index >= 15 is 0 Å². The zero-order chi connectivity index (χ0) is 33.7. The third-order valence-corrected chi connectivity index (χ3v) is 10.9. The van der Waals surface area contributed by atoms with Gasteiger partial charge in [0.25, 0.3) is 0 Å². The Labute approximate surface area is 292 Å². The standard InChI is InChI=1S/C49H36O/c1-29-26-34(38-21-16-33-14-15-35-27-37(49(2,3)4)28-36-19-24-41(38)47(33)46(35)36)20-25-43(29)50-44-11-6-5-10-40(44)39-22-17-32-13-12-30-8-7-9-31-18-23-42(39)48(32)45(30)31/h5-28H,1-4H3. The van der Waals surface area contributed by atoms with Gasteiger partial charge >= 0.3 is 0 Å². The summed E-state index contributed by atoms with van der Waals surface area (Å²) in [6.07, 6.45) is 0. The first kappa shape index (κ1) is 29.0. The second-order valence-corrected chi connectivity index (χ2v) is 15.0. The van der Waals surface area contributed by atoms with Crippen molar-refractivity contribution >= 4 is 64.6 Å². The summed E-state index contributed by atoms with van der Waals surface area (Å²) in [4.78, 5) is 0. The van der Waals surface area contributed by atoms with E-state index < -0.39 is 0 Å². The van der Waals surface area contributed by atoms with Gasteiger partial charge in [0.05, 0.1) is 0 Å². The van der Waals surface area contributed by atoms with Crippen LogP contribution < -0.4 is 4.74 Å². The summed E-state index contributed by atoms with van der Waals surface area (Å²) in [6.45, 7) is 9.03. The van der Waals surface area contributed by atoms with Crippen LogP contribution in [0.15, 0.2) is 146 Å². The first-order chi connectivity index (χ1) is 24.3. The summed E-state index contributed by atoms with van der Waals surface area (Å²) < 4.78 is 6.79. The molecule has 0 aromatic heterocycles. The number of para-hydroxylation sites is 1. The summed E-state index contributed by atoms with van der Waals surface area (Å²) >= 11 is 0. The predicted octanol–water partition coefficient (Wildman–Crippen LogP) is 14.2. The highest BCUT2D eigenvalue weighted by molar-refractivity contribution is 6.26. The molecule has 238 valence electrons. The van der Waals surface area contributed by atoms with Crippen molar-refractivity contribution in [3.05, 3.63) is 157 Å². The summed E-state index contributed by atoms with van der Waals surface area (Å²) in [5.74, 6) is 1.72. The Bertz CT molecular complexity index is 2900. The van der Waals surface area contributed by atoms with Gasteiger partial charge in [0.15, 0.2) is 0 Å². The molecule has 1 heteroatoms. The highest BCUT2D eigenvalue weighted by Gasteiger charge is 2.19. The second-order valence-electron chi connectivity index (χ2n) is 15.0. The Morgan fingerprint density at radius 2 is 0.940 bits per heavy atom. The molecule has 0 saturated carbocycles. The number of aryl methyl sites for hydroxylation is 1. The van der Waals surface area contributed by atoms with Crippen molar-refractivity contribution in [1.82, 2.24) is 0 Å². The van der Waals surface area contributed by atoms with Gasteiger partial charge in [-0.2, -0.15) is 0 Å². The lowest BCUT2D eigenvalue weighted by Gasteiger charge is -2.22. The number of hydrogen-bond acceptors (Lipinski definition) is 1. The predicted molar refractivity (Wildman–Crippen MR) is 215 cm³/mol. The van der Waals surface area contributed by atoms with Gasteiger partial charge in [-0.3, -0.25) is 0 Å². The topological polar surface area (TPSA) is 9.23 Å². The smallest absolute Gasteiger partial charge is 0.135 e. The lowest BCUT2D eigenvalue weighted by Crippen LogP contribution is -2.10. The monoisotopic (exact) mass is 640 g/mol. The van der Waals surface area contributed by atoms with Crippen LogP contribution in [0.2, 0.25) is 0 Å². The SMILES string of the molecule is Cc1cc(-c2ccc3ccc4cc(C(C)(C)C)cc5ccc2c3c45)ccc1Oc1ccccc1-c1ccc2ccc3cccc4ccc1c2c34. The molecule has 0 amide bonds. The molecular weight excluding hydrogens is 605 g/mol. The van der Waals surface area contributed by atoms with Crippen molar-refractivity contribution in [2.24, 2.45) is 0 Å². The fourth-order valence-corrected chi connectivity index (χ4v) is 8.30. The average Bonchev–Trinajstić information content (AvgIpc) is 3.13. The van der Waals surface area contributed by atoms with Crippen LogP contribution in [-0.2, 0) is 5.41 Å². The maximum atomic E-state index is 6.79. The molecule has 0 aliphatic rings. The van der Waals surface area contributed by atoms with Crippen LogP contribution in [0.3, 0.4) is 0 Å². The summed E-state index contributed by atoms with van der Waals surface area (Å²) in [5, 5.41) is 15.6. The number of benzene rings is 10. The lowest BCUT2D eigenvalue weighted by atomic mass is 9.82. The third-order valence-electron chi connectivity index (χ3n) is 10.9. The Morgan fingerprint density at radius 3 is 1.62 bits per heavy atom. The quantitative estimate of drug-likeness (QED) is 0.174. The van der Waals surface area contributed by atoms with Gasteiger partial charge in [0.1, 0.15) is 11.5 Å². The maximum Gasteiger partial charge on any atom is 0.135 e. The molecule has 0 N–H and O–H groups in total. The Morgan fingerprint density at radius 1 is 0.400 bits per heavy atom. The molecule has 0 aliphatic carbocycles. The highest BCUT2D eigenvalue weighted by Crippen LogP contribution is 2.44. The van der Waals surface area contributed by atoms with E-state index in [9.17, 15) is 0 Å². The van der Waals surface area contributed by atoms with Gasteiger partial charge in [-0.15, -0.1) is 0 Å². The Hall–Kier alpha value is -5.92. The summed E-state index contributed by atoms with van der Waals surface area (Å²) in [7, 11) is 0. The van der Waals surface area contributed by atoms with E-state index in [1.165, 1.54) is 86.9 Å². The van der Waals surface area contributed by atoms with E-state index in [1.54, 1.807) is 0 Å². The molecule has 0 aliphatic heterocycles. The fraction of sp³-hybridized carbons (Fsp3) is 0.102. The Balaban J connectivity index is 1.06. The molecule has 1 nitrogen and oxygen atoms in total. The molecule has 0 atom stereocenters. The van der Waals surface area contributed by atoms with Crippen molar-refractivity contribution in [2.75, 3.05) is 0 Å². The largest absolute Gasteiger partial charge is 0.456 e. The molecule has 0 bridgehead atoms. The molecule has 10 aromatic rings. The van der Waals surface area contributed by atoms with Crippen molar-refractivity contribution in [2.45, 2.75) is 33.1 Å². The van der Waals surface area contributed by atoms with Gasteiger partial charge in [-0.05, 0) is 123 Å². The first-order valence-corrected chi connectivity index (χ1v) is 17.6. The molecule has 0 saturated heterocycles. The molecule has 0 radical (unpaired) electrons. The van der Waals surface area contributed by atoms with Crippen molar-refractivity contribution < 1.29 is 4.74 Å². The number of ether oxygens (including phenoxy) is 1. The molecule has 0 heterocycles. The van der Waals surface area contributed by atoms with Crippen molar-refractivity contribution in [1.29, 1.82) is 0 Å². The molecule has 0 fully saturated rings. The number of hydrogen-bond donors (Lipinski definition) is 0. The van der Waals surface area contributed by atoms with E-state index in [-0.39, 0.29) is 5.41 Å². The van der Waals surface area contributed by atoms with Crippen LogP contribution in [0.1, 0.15) is 31.9 Å². The van der Waals surface area contributed by atoms with Gasteiger partial charge < -0.3 is 4.74 Å². The van der Waals surface area contributed by atoms with Gasteiger partial charge in [0, 0.05) is 5.56 Å². The molecule has 0 unspecified atom stereocenters. The van der Waals surface area contributed by atoms with Crippen LogP contribution in [0.5, 0.6) is 11.5 Å². The van der Waals surface area contributed by atoms with Gasteiger partial charge in [-0.25, -0.2) is 0 Å². The minimum Gasteiger partial charge on any atom is -0.456 e. The van der Waals surface area contributed by atoms with Gasteiger partial charge in [0.2, 0.25) is 0 Å². The fourth-order valence-electron chi connectivity index (χ4n) is 8.30. The first-order valence-electron chi connectivity index (χ1n) is 17.6.